The van der Waals surface area contributed by atoms with Gasteiger partial charge in [-0.2, -0.15) is 0 Å². The quantitative estimate of drug-likeness (QED) is 0.677. The van der Waals surface area contributed by atoms with E-state index in [1.165, 1.54) is 12.1 Å². The van der Waals surface area contributed by atoms with Crippen molar-refractivity contribution in [1.82, 2.24) is 4.90 Å². The number of carbonyl (C=O) groups is 2. The van der Waals surface area contributed by atoms with Crippen LogP contribution in [0.3, 0.4) is 0 Å². The molecule has 0 bridgehead atoms. The number of anilines is 2. The molecule has 2 rings (SSSR count). The number of rotatable bonds is 7. The van der Waals surface area contributed by atoms with Gasteiger partial charge in [0, 0.05) is 17.4 Å². The fourth-order valence-corrected chi connectivity index (χ4v) is 2.69. The van der Waals surface area contributed by atoms with Crippen molar-refractivity contribution in [2.24, 2.45) is 0 Å². The zero-order valence-corrected chi connectivity index (χ0v) is 16.4. The second kappa shape index (κ2) is 9.66. The van der Waals surface area contributed by atoms with Gasteiger partial charge >= 0.3 is 0 Å². The first-order valence-corrected chi connectivity index (χ1v) is 9.00. The Hall–Kier alpha value is -1.96. The molecule has 0 radical (unpaired) electrons. The summed E-state index contributed by atoms with van der Waals surface area (Å²) in [5.74, 6) is -1.08. The number of carbonyl (C=O) groups excluding carboxylic acids is 2. The summed E-state index contributed by atoms with van der Waals surface area (Å²) < 4.78 is 14.3. The maximum absolute atomic E-state index is 13.7. The summed E-state index contributed by atoms with van der Waals surface area (Å²) in [5.41, 5.74) is 0.660. The SMILES string of the molecule is CN(CCC(=O)Nc1ccc(Br)cc1F)CC(=O)Nc1ccccc1Cl. The third-order valence-corrected chi connectivity index (χ3v) is 4.31. The zero-order valence-electron chi connectivity index (χ0n) is 14.1. The van der Waals surface area contributed by atoms with Gasteiger partial charge in [-0.3, -0.25) is 14.5 Å². The Labute approximate surface area is 164 Å². The topological polar surface area (TPSA) is 61.4 Å². The zero-order chi connectivity index (χ0) is 19.1. The highest BCUT2D eigenvalue weighted by Crippen LogP contribution is 2.20. The smallest absolute Gasteiger partial charge is 0.238 e. The predicted octanol–water partition coefficient (Wildman–Crippen LogP) is 4.14. The number of benzene rings is 2. The second-order valence-corrected chi connectivity index (χ2v) is 7.01. The molecular formula is C18H18BrClFN3O2. The van der Waals surface area contributed by atoms with E-state index in [0.717, 1.165) is 0 Å². The van der Waals surface area contributed by atoms with E-state index >= 15 is 0 Å². The van der Waals surface area contributed by atoms with Gasteiger partial charge < -0.3 is 10.6 Å². The minimum Gasteiger partial charge on any atom is -0.324 e. The summed E-state index contributed by atoms with van der Waals surface area (Å²) in [6, 6.07) is 11.4. The number of halogens is 3. The summed E-state index contributed by atoms with van der Waals surface area (Å²) in [4.78, 5) is 25.7. The van der Waals surface area contributed by atoms with Crippen LogP contribution < -0.4 is 10.6 Å². The Morgan fingerprint density at radius 3 is 2.50 bits per heavy atom. The van der Waals surface area contributed by atoms with Crippen LogP contribution in [-0.2, 0) is 9.59 Å². The molecule has 138 valence electrons. The third kappa shape index (κ3) is 6.40. The largest absolute Gasteiger partial charge is 0.324 e. The van der Waals surface area contributed by atoms with Gasteiger partial charge in [0.05, 0.1) is 22.9 Å². The molecule has 0 spiro atoms. The highest BCUT2D eigenvalue weighted by Gasteiger charge is 2.12. The van der Waals surface area contributed by atoms with Gasteiger partial charge in [-0.15, -0.1) is 0 Å². The molecule has 0 aliphatic carbocycles. The molecule has 0 unspecified atom stereocenters. The first kappa shape index (κ1) is 20.4. The van der Waals surface area contributed by atoms with Crippen molar-refractivity contribution < 1.29 is 14.0 Å². The molecule has 0 saturated heterocycles. The summed E-state index contributed by atoms with van der Waals surface area (Å²) in [6.45, 7) is 0.449. The van der Waals surface area contributed by atoms with Crippen molar-refractivity contribution in [3.63, 3.8) is 0 Å². The Kier molecular flexibility index (Phi) is 7.56. The molecule has 2 amide bonds. The third-order valence-electron chi connectivity index (χ3n) is 3.49. The number of hydrogen-bond donors (Lipinski definition) is 2. The standard InChI is InChI=1S/C18H18BrClFN3O2/c1-24(11-18(26)22-15-5-3-2-4-13(15)20)9-8-17(25)23-16-7-6-12(19)10-14(16)21/h2-7,10H,8-9,11H2,1H3,(H,22,26)(H,23,25). The molecular weight excluding hydrogens is 425 g/mol. The number of amides is 2. The van der Waals surface area contributed by atoms with Crippen LogP contribution in [0.1, 0.15) is 6.42 Å². The van der Waals surface area contributed by atoms with Crippen LogP contribution in [0.25, 0.3) is 0 Å². The Balaban J connectivity index is 1.77. The Bertz CT molecular complexity index is 804. The molecule has 0 aliphatic rings. The Morgan fingerprint density at radius 1 is 1.12 bits per heavy atom. The molecule has 0 aliphatic heterocycles. The van der Waals surface area contributed by atoms with Gasteiger partial charge in [0.1, 0.15) is 5.82 Å². The first-order chi connectivity index (χ1) is 12.3. The molecule has 5 nitrogen and oxygen atoms in total. The lowest BCUT2D eigenvalue weighted by Crippen LogP contribution is -2.32. The number of likely N-dealkylation sites (N-methyl/N-ethyl adjacent to an activating group) is 1. The van der Waals surface area contributed by atoms with Gasteiger partial charge in [0.2, 0.25) is 11.8 Å². The fourth-order valence-electron chi connectivity index (χ4n) is 2.17. The van der Waals surface area contributed by atoms with E-state index < -0.39 is 5.82 Å². The van der Waals surface area contributed by atoms with Crippen LogP contribution in [0, 0.1) is 5.82 Å². The predicted molar refractivity (Wildman–Crippen MR) is 105 cm³/mol. The van der Waals surface area contributed by atoms with E-state index in [4.69, 9.17) is 11.6 Å². The van der Waals surface area contributed by atoms with E-state index in [1.54, 1.807) is 42.3 Å². The van der Waals surface area contributed by atoms with Crippen LogP contribution in [0.4, 0.5) is 15.8 Å². The number of para-hydroxylation sites is 1. The van der Waals surface area contributed by atoms with Gasteiger partial charge in [0.15, 0.2) is 0 Å². The van der Waals surface area contributed by atoms with E-state index in [-0.39, 0.29) is 30.5 Å². The van der Waals surface area contributed by atoms with Crippen molar-refractivity contribution in [2.45, 2.75) is 6.42 Å². The van der Waals surface area contributed by atoms with Gasteiger partial charge in [-0.1, -0.05) is 39.7 Å². The average molecular weight is 443 g/mol. The van der Waals surface area contributed by atoms with Crippen molar-refractivity contribution in [1.29, 1.82) is 0 Å². The van der Waals surface area contributed by atoms with E-state index in [2.05, 4.69) is 26.6 Å². The molecule has 0 atom stereocenters. The maximum atomic E-state index is 13.7. The molecule has 2 aromatic carbocycles. The lowest BCUT2D eigenvalue weighted by atomic mass is 10.3. The lowest BCUT2D eigenvalue weighted by Gasteiger charge is -2.16. The second-order valence-electron chi connectivity index (χ2n) is 5.69. The van der Waals surface area contributed by atoms with Crippen LogP contribution in [0.2, 0.25) is 5.02 Å². The van der Waals surface area contributed by atoms with Crippen molar-refractivity contribution in [3.8, 4) is 0 Å². The van der Waals surface area contributed by atoms with E-state index in [0.29, 0.717) is 21.7 Å². The summed E-state index contributed by atoms with van der Waals surface area (Å²) >= 11 is 9.15. The van der Waals surface area contributed by atoms with Crippen LogP contribution in [0.5, 0.6) is 0 Å². The maximum Gasteiger partial charge on any atom is 0.238 e. The first-order valence-electron chi connectivity index (χ1n) is 7.83. The molecule has 2 aromatic rings. The number of nitrogens with zero attached hydrogens (tertiary/aromatic N) is 1. The monoisotopic (exact) mass is 441 g/mol. The number of nitrogens with one attached hydrogen (secondary N) is 2. The normalized spacial score (nSPS) is 10.7. The lowest BCUT2D eigenvalue weighted by molar-refractivity contribution is -0.119. The molecule has 0 fully saturated rings. The summed E-state index contributed by atoms with van der Waals surface area (Å²) in [6.07, 6.45) is 0.130. The highest BCUT2D eigenvalue weighted by atomic mass is 79.9. The van der Waals surface area contributed by atoms with Crippen LogP contribution >= 0.6 is 27.5 Å². The number of hydrogen-bond acceptors (Lipinski definition) is 3. The summed E-state index contributed by atoms with van der Waals surface area (Å²) in [7, 11) is 1.72. The molecule has 0 aromatic heterocycles. The highest BCUT2D eigenvalue weighted by molar-refractivity contribution is 9.10. The molecule has 2 N–H and O–H groups in total. The summed E-state index contributed by atoms with van der Waals surface area (Å²) in [5, 5.41) is 5.69. The van der Waals surface area contributed by atoms with Gasteiger partial charge in [0.25, 0.3) is 0 Å². The van der Waals surface area contributed by atoms with Gasteiger partial charge in [-0.25, -0.2) is 4.39 Å². The minimum absolute atomic E-state index is 0.102. The molecule has 26 heavy (non-hydrogen) atoms. The molecule has 0 heterocycles. The molecule has 8 heteroatoms. The van der Waals surface area contributed by atoms with Crippen molar-refractivity contribution in [2.75, 3.05) is 30.8 Å². The van der Waals surface area contributed by atoms with E-state index in [1.807, 2.05) is 0 Å². The average Bonchev–Trinajstić information content (AvgIpc) is 2.57. The van der Waals surface area contributed by atoms with Crippen molar-refractivity contribution >= 4 is 50.7 Å². The molecule has 0 saturated carbocycles. The van der Waals surface area contributed by atoms with Crippen LogP contribution in [0.15, 0.2) is 46.9 Å². The Morgan fingerprint density at radius 2 is 1.81 bits per heavy atom. The minimum atomic E-state index is -0.514. The fraction of sp³-hybridized carbons (Fsp3) is 0.222. The van der Waals surface area contributed by atoms with Crippen molar-refractivity contribution in [3.05, 3.63) is 57.8 Å². The van der Waals surface area contributed by atoms with Gasteiger partial charge in [-0.05, 0) is 37.4 Å². The van der Waals surface area contributed by atoms with E-state index in [9.17, 15) is 14.0 Å². The van der Waals surface area contributed by atoms with Crippen LogP contribution in [-0.4, -0.2) is 36.9 Å².